The molecule has 2 heterocycles. The van der Waals surface area contributed by atoms with Crippen LogP contribution in [0.5, 0.6) is 5.88 Å². The first-order valence-corrected chi connectivity index (χ1v) is 9.12. The number of carbonyl (C=O) groups excluding carboxylic acids is 1. The summed E-state index contributed by atoms with van der Waals surface area (Å²) >= 11 is 5.76. The van der Waals surface area contributed by atoms with Crippen molar-refractivity contribution in [3.8, 4) is 5.88 Å². The van der Waals surface area contributed by atoms with Crippen LogP contribution in [0.15, 0.2) is 42.7 Å². The molecule has 146 valence electrons. The number of rotatable bonds is 6. The molecular weight excluding hydrogens is 387 g/mol. The quantitative estimate of drug-likeness (QED) is 0.732. The van der Waals surface area contributed by atoms with Gasteiger partial charge in [0.05, 0.1) is 12.4 Å². The lowest BCUT2D eigenvalue weighted by molar-refractivity contribution is -0.135. The maximum absolute atomic E-state index is 12.4. The third kappa shape index (κ3) is 6.34. The molecule has 0 bridgehead atoms. The number of hydrogen-bond acceptors (Lipinski definition) is 5. The number of ether oxygens (including phenoxy) is 1. The van der Waals surface area contributed by atoms with Crippen molar-refractivity contribution in [3.63, 3.8) is 0 Å². The van der Waals surface area contributed by atoms with Crippen LogP contribution in [0.25, 0.3) is 0 Å². The van der Waals surface area contributed by atoms with Gasteiger partial charge in [-0.25, -0.2) is 0 Å². The molecule has 0 unspecified atom stereocenters. The van der Waals surface area contributed by atoms with E-state index in [0.29, 0.717) is 0 Å². The van der Waals surface area contributed by atoms with Crippen LogP contribution in [-0.2, 0) is 11.3 Å². The highest BCUT2D eigenvalue weighted by atomic mass is 35.5. The highest BCUT2D eigenvalue weighted by Crippen LogP contribution is 2.18. The first kappa shape index (κ1) is 21.4. The van der Waals surface area contributed by atoms with Gasteiger partial charge < -0.3 is 9.64 Å². The van der Waals surface area contributed by atoms with Crippen LogP contribution >= 0.6 is 24.0 Å². The predicted octanol–water partition coefficient (Wildman–Crippen LogP) is 3.05. The number of likely N-dealkylation sites (N-methyl/N-ethyl adjacent to an activating group) is 1. The van der Waals surface area contributed by atoms with E-state index in [-0.39, 0.29) is 42.0 Å². The maximum Gasteiger partial charge on any atom is 0.260 e. The summed E-state index contributed by atoms with van der Waals surface area (Å²) in [7, 11) is 1.84. The lowest BCUT2D eigenvalue weighted by Crippen LogP contribution is -2.46. The van der Waals surface area contributed by atoms with Gasteiger partial charge >= 0.3 is 0 Å². The Bertz CT molecular complexity index is 725. The Morgan fingerprint density at radius 2 is 1.96 bits per heavy atom. The summed E-state index contributed by atoms with van der Waals surface area (Å²) in [5, 5.41) is 0.245. The van der Waals surface area contributed by atoms with Crippen LogP contribution in [0, 0.1) is 0 Å². The normalized spacial score (nSPS) is 15.0. The van der Waals surface area contributed by atoms with Gasteiger partial charge in [-0.15, -0.1) is 12.4 Å². The third-order valence-corrected chi connectivity index (χ3v) is 4.86. The molecular formula is C19H24Cl2N4O2. The van der Waals surface area contributed by atoms with Gasteiger partial charge in [0.1, 0.15) is 0 Å². The highest BCUT2D eigenvalue weighted by molar-refractivity contribution is 6.29. The van der Waals surface area contributed by atoms with E-state index in [1.807, 2.05) is 13.1 Å². The summed E-state index contributed by atoms with van der Waals surface area (Å²) in [5.41, 5.74) is 1.33. The molecule has 1 aromatic carbocycles. The van der Waals surface area contributed by atoms with Crippen LogP contribution in [0.4, 0.5) is 0 Å². The summed E-state index contributed by atoms with van der Waals surface area (Å²) in [6, 6.07) is 10.7. The zero-order valence-electron chi connectivity index (χ0n) is 15.3. The van der Waals surface area contributed by atoms with Crippen molar-refractivity contribution < 1.29 is 9.53 Å². The Kier molecular flexibility index (Phi) is 8.28. The van der Waals surface area contributed by atoms with E-state index in [1.165, 1.54) is 18.0 Å². The van der Waals surface area contributed by atoms with E-state index >= 15 is 0 Å². The smallest absolute Gasteiger partial charge is 0.260 e. The summed E-state index contributed by atoms with van der Waals surface area (Å²) < 4.78 is 5.40. The molecule has 27 heavy (non-hydrogen) atoms. The summed E-state index contributed by atoms with van der Waals surface area (Å²) in [5.74, 6) is 0.199. The average molecular weight is 411 g/mol. The maximum atomic E-state index is 12.4. The number of piperidine rings is 1. The van der Waals surface area contributed by atoms with Crippen molar-refractivity contribution in [3.05, 3.63) is 53.4 Å². The monoisotopic (exact) mass is 410 g/mol. The molecule has 0 radical (unpaired) electrons. The van der Waals surface area contributed by atoms with Crippen molar-refractivity contribution >= 4 is 29.9 Å². The van der Waals surface area contributed by atoms with E-state index in [9.17, 15) is 4.79 Å². The molecule has 1 amide bonds. The molecule has 1 aliphatic heterocycles. The number of hydrogen-bond donors (Lipinski definition) is 0. The van der Waals surface area contributed by atoms with Gasteiger partial charge in [-0.2, -0.15) is 4.98 Å². The molecule has 1 aromatic heterocycles. The van der Waals surface area contributed by atoms with Gasteiger partial charge in [0, 0.05) is 32.7 Å². The second kappa shape index (κ2) is 10.4. The Hall–Kier alpha value is -1.89. The van der Waals surface area contributed by atoms with E-state index in [2.05, 4.69) is 39.1 Å². The minimum atomic E-state index is -0.0618. The number of amides is 1. The van der Waals surface area contributed by atoms with Gasteiger partial charge in [0.15, 0.2) is 11.8 Å². The molecule has 1 aliphatic rings. The topological polar surface area (TPSA) is 58.6 Å². The number of carbonyl (C=O) groups is 1. The predicted molar refractivity (Wildman–Crippen MR) is 107 cm³/mol. The molecule has 0 spiro atoms. The van der Waals surface area contributed by atoms with Gasteiger partial charge in [-0.3, -0.25) is 14.7 Å². The number of benzene rings is 1. The summed E-state index contributed by atoms with van der Waals surface area (Å²) in [6.45, 7) is 2.87. The molecule has 0 N–H and O–H groups in total. The van der Waals surface area contributed by atoms with Crippen LogP contribution in [0.3, 0.4) is 0 Å². The van der Waals surface area contributed by atoms with Crippen molar-refractivity contribution in [1.29, 1.82) is 0 Å². The Morgan fingerprint density at radius 1 is 1.26 bits per heavy atom. The minimum absolute atomic E-state index is 0. The van der Waals surface area contributed by atoms with Crippen molar-refractivity contribution in [1.82, 2.24) is 19.8 Å². The minimum Gasteiger partial charge on any atom is -0.466 e. The highest BCUT2D eigenvalue weighted by Gasteiger charge is 2.25. The summed E-state index contributed by atoms with van der Waals surface area (Å²) in [6.07, 6.45) is 4.80. The fraction of sp³-hybridized carbons (Fsp3) is 0.421. The first-order chi connectivity index (χ1) is 12.6. The molecule has 1 fully saturated rings. The number of nitrogens with zero attached hydrogens (tertiary/aromatic N) is 4. The molecule has 0 aliphatic carbocycles. The van der Waals surface area contributed by atoms with Crippen LogP contribution in [-0.4, -0.2) is 58.5 Å². The van der Waals surface area contributed by atoms with E-state index < -0.39 is 0 Å². The van der Waals surface area contributed by atoms with Crippen molar-refractivity contribution in [2.75, 3.05) is 26.7 Å². The molecule has 0 atom stereocenters. The van der Waals surface area contributed by atoms with Crippen LogP contribution < -0.4 is 4.74 Å². The molecule has 8 heteroatoms. The van der Waals surface area contributed by atoms with E-state index in [0.717, 1.165) is 32.5 Å². The van der Waals surface area contributed by atoms with E-state index in [1.54, 1.807) is 4.90 Å². The average Bonchev–Trinajstić information content (AvgIpc) is 2.67. The van der Waals surface area contributed by atoms with Crippen molar-refractivity contribution in [2.45, 2.75) is 25.4 Å². The molecule has 3 rings (SSSR count). The first-order valence-electron chi connectivity index (χ1n) is 8.74. The fourth-order valence-corrected chi connectivity index (χ4v) is 3.28. The zero-order valence-corrected chi connectivity index (χ0v) is 16.8. The molecule has 6 nitrogen and oxygen atoms in total. The molecule has 1 saturated heterocycles. The van der Waals surface area contributed by atoms with Crippen LogP contribution in [0.1, 0.15) is 18.4 Å². The number of halogens is 2. The summed E-state index contributed by atoms with van der Waals surface area (Å²) in [4.78, 5) is 24.5. The van der Waals surface area contributed by atoms with Crippen molar-refractivity contribution in [2.24, 2.45) is 0 Å². The van der Waals surface area contributed by atoms with Crippen LogP contribution in [0.2, 0.25) is 5.15 Å². The van der Waals surface area contributed by atoms with E-state index in [4.69, 9.17) is 16.3 Å². The lowest BCUT2D eigenvalue weighted by Gasteiger charge is -2.36. The zero-order chi connectivity index (χ0) is 18.4. The standard InChI is InChI=1S/C19H23ClN4O2.ClH/c1-23(19(25)14-26-18-12-21-11-17(20)22-18)16-7-9-24(10-8-16)13-15-5-3-2-4-6-15;/h2-6,11-12,16H,7-10,13-14H2,1H3;1H. The second-order valence-corrected chi connectivity index (χ2v) is 6.85. The SMILES string of the molecule is CN(C(=O)COc1cncc(Cl)n1)C1CCN(Cc2ccccc2)CC1.Cl. The van der Waals surface area contributed by atoms with Gasteiger partial charge in [-0.05, 0) is 18.4 Å². The lowest BCUT2D eigenvalue weighted by atomic mass is 10.0. The van der Waals surface area contributed by atoms with Gasteiger partial charge in [0.2, 0.25) is 5.88 Å². The van der Waals surface area contributed by atoms with Gasteiger partial charge in [-0.1, -0.05) is 41.9 Å². The largest absolute Gasteiger partial charge is 0.466 e. The Balaban J connectivity index is 0.00000261. The number of likely N-dealkylation sites (tertiary alicyclic amines) is 1. The second-order valence-electron chi connectivity index (χ2n) is 6.47. The number of aromatic nitrogens is 2. The molecule has 2 aromatic rings. The Morgan fingerprint density at radius 3 is 2.63 bits per heavy atom. The third-order valence-electron chi connectivity index (χ3n) is 4.67. The fourth-order valence-electron chi connectivity index (χ4n) is 3.14. The Labute approximate surface area is 170 Å². The molecule has 0 saturated carbocycles. The van der Waals surface area contributed by atoms with Gasteiger partial charge in [0.25, 0.3) is 5.91 Å².